The van der Waals surface area contributed by atoms with Crippen molar-refractivity contribution in [3.05, 3.63) is 24.8 Å². The lowest BCUT2D eigenvalue weighted by Crippen LogP contribution is -2.75. The first-order valence-corrected chi connectivity index (χ1v) is 11.0. The fourth-order valence-electron chi connectivity index (χ4n) is 8.03. The molecule has 30 heavy (non-hydrogen) atoms. The van der Waals surface area contributed by atoms with Gasteiger partial charge in [0, 0.05) is 24.2 Å². The maximum absolute atomic E-state index is 13.6. The highest BCUT2D eigenvalue weighted by Gasteiger charge is 2.80. The van der Waals surface area contributed by atoms with Gasteiger partial charge in [0.2, 0.25) is 0 Å². The second kappa shape index (κ2) is 6.50. The minimum Gasteiger partial charge on any atom is -0.465 e. The van der Waals surface area contributed by atoms with Crippen LogP contribution in [-0.2, 0) is 14.3 Å². The number of aliphatic hydroxyl groups excluding tert-OH is 2. The summed E-state index contributed by atoms with van der Waals surface area (Å²) in [4.78, 5) is 25.5. The van der Waals surface area contributed by atoms with Crippen LogP contribution in [0.25, 0.3) is 0 Å². The summed E-state index contributed by atoms with van der Waals surface area (Å²) in [6.07, 6.45) is 2.65. The lowest BCUT2D eigenvalue weighted by molar-refractivity contribution is -0.290. The van der Waals surface area contributed by atoms with Crippen LogP contribution in [-0.4, -0.2) is 51.5 Å². The molecule has 0 aromatic rings. The number of rotatable bonds is 3. The summed E-state index contributed by atoms with van der Waals surface area (Å²) in [7, 11) is 0. The van der Waals surface area contributed by atoms with Gasteiger partial charge in [-0.1, -0.05) is 26.0 Å². The molecule has 4 rings (SSSR count). The molecule has 0 unspecified atom stereocenters. The van der Waals surface area contributed by atoms with Gasteiger partial charge in [-0.05, 0) is 49.5 Å². The van der Waals surface area contributed by atoms with Crippen LogP contribution < -0.4 is 0 Å². The summed E-state index contributed by atoms with van der Waals surface area (Å²) in [5.74, 6) is -2.24. The van der Waals surface area contributed by atoms with Gasteiger partial charge in [-0.3, -0.25) is 9.59 Å². The van der Waals surface area contributed by atoms with E-state index >= 15 is 0 Å². The third-order valence-electron chi connectivity index (χ3n) is 9.30. The van der Waals surface area contributed by atoms with E-state index in [0.29, 0.717) is 6.42 Å². The normalized spacial score (nSPS) is 52.4. The average molecular weight is 419 g/mol. The predicted molar refractivity (Wildman–Crippen MR) is 110 cm³/mol. The van der Waals surface area contributed by atoms with Crippen LogP contribution in [0.5, 0.6) is 0 Å². The molecule has 0 heterocycles. The minimum atomic E-state index is -1.55. The van der Waals surface area contributed by atoms with Crippen LogP contribution in [0.3, 0.4) is 0 Å². The molecule has 9 atom stereocenters. The highest BCUT2D eigenvalue weighted by molar-refractivity contribution is 6.05. The van der Waals surface area contributed by atoms with Crippen molar-refractivity contribution in [1.29, 1.82) is 0 Å². The number of aliphatic hydroxyl groups is 3. The molecule has 6 nitrogen and oxygen atoms in total. The fourth-order valence-corrected chi connectivity index (χ4v) is 8.03. The van der Waals surface area contributed by atoms with Crippen molar-refractivity contribution in [3.63, 3.8) is 0 Å². The van der Waals surface area contributed by atoms with Gasteiger partial charge >= 0.3 is 5.97 Å². The summed E-state index contributed by atoms with van der Waals surface area (Å²) in [5, 5.41) is 34.6. The van der Waals surface area contributed by atoms with Gasteiger partial charge in [-0.15, -0.1) is 6.58 Å². The zero-order chi connectivity index (χ0) is 22.3. The molecule has 0 radical (unpaired) electrons. The number of hydrogen-bond acceptors (Lipinski definition) is 6. The molecule has 0 aromatic heterocycles. The van der Waals surface area contributed by atoms with Gasteiger partial charge in [0.1, 0.15) is 0 Å². The summed E-state index contributed by atoms with van der Waals surface area (Å²) >= 11 is 0. The molecule has 3 N–H and O–H groups in total. The standard InChI is InChI=1S/C24H34O6/c1-6-21(4)8-7-9-23(12-30-14(3)25)17(21)11-22(5,29)24-18(23)16(26)10-15(20(24)28)13(2)19(24)27/h6,15-18,20,26,28-29H,1-2,7-12H2,3-5H3/t15-,16-,17+,18-,20+,21+,22-,23-,24-/m0/s1. The topological polar surface area (TPSA) is 104 Å². The SMILES string of the molecule is C=C[C@]1(C)CCC[C@@]2(COC(C)=O)[C@@H]3[C@@H](O)C[C@H]4C(=C)C(=O)[C@@]3([C@@H]4O)[C@@](C)(O)C[C@@H]21. The number of hydrogen-bond donors (Lipinski definition) is 3. The molecule has 166 valence electrons. The largest absolute Gasteiger partial charge is 0.465 e. The Morgan fingerprint density at radius 3 is 2.57 bits per heavy atom. The zero-order valence-electron chi connectivity index (χ0n) is 18.2. The molecule has 4 saturated carbocycles. The maximum atomic E-state index is 13.6. The molecular formula is C24H34O6. The van der Waals surface area contributed by atoms with E-state index in [2.05, 4.69) is 20.1 Å². The Bertz CT molecular complexity index is 817. The van der Waals surface area contributed by atoms with Gasteiger partial charge < -0.3 is 20.1 Å². The minimum absolute atomic E-state index is 0.0487. The number of ketones is 1. The van der Waals surface area contributed by atoms with E-state index in [1.54, 1.807) is 6.92 Å². The highest BCUT2D eigenvalue weighted by atomic mass is 16.5. The molecule has 4 aliphatic carbocycles. The van der Waals surface area contributed by atoms with E-state index in [9.17, 15) is 24.9 Å². The van der Waals surface area contributed by atoms with Gasteiger partial charge in [0.05, 0.1) is 29.8 Å². The third-order valence-corrected chi connectivity index (χ3v) is 9.30. The summed E-state index contributed by atoms with van der Waals surface area (Å²) in [6.45, 7) is 13.1. The smallest absolute Gasteiger partial charge is 0.302 e. The Kier molecular flexibility index (Phi) is 4.71. The predicted octanol–water partition coefficient (Wildman–Crippen LogP) is 2.17. The molecule has 0 aliphatic heterocycles. The van der Waals surface area contributed by atoms with Crippen LogP contribution in [0, 0.1) is 34.0 Å². The summed E-state index contributed by atoms with van der Waals surface area (Å²) in [5.41, 5.74) is -3.92. The van der Waals surface area contributed by atoms with Gasteiger partial charge in [-0.25, -0.2) is 0 Å². The van der Waals surface area contributed by atoms with E-state index in [1.807, 2.05) is 6.08 Å². The lowest BCUT2D eigenvalue weighted by atomic mass is 9.36. The average Bonchev–Trinajstić information content (AvgIpc) is 2.79. The van der Waals surface area contributed by atoms with Crippen molar-refractivity contribution < 1.29 is 29.6 Å². The maximum Gasteiger partial charge on any atom is 0.302 e. The van der Waals surface area contributed by atoms with Crippen LogP contribution in [0.15, 0.2) is 24.8 Å². The monoisotopic (exact) mass is 418 g/mol. The molecule has 4 fully saturated rings. The van der Waals surface area contributed by atoms with E-state index < -0.39 is 46.4 Å². The third kappa shape index (κ3) is 2.36. The Hall–Kier alpha value is -1.50. The Morgan fingerprint density at radius 1 is 1.30 bits per heavy atom. The van der Waals surface area contributed by atoms with Gasteiger partial charge in [0.15, 0.2) is 5.78 Å². The molecule has 6 heteroatoms. The van der Waals surface area contributed by atoms with E-state index in [0.717, 1.165) is 12.8 Å². The molecule has 1 spiro atoms. The number of ether oxygens (including phenoxy) is 1. The number of allylic oxidation sites excluding steroid dienone is 1. The Balaban J connectivity index is 1.98. The van der Waals surface area contributed by atoms with E-state index in [4.69, 9.17) is 4.74 Å². The summed E-state index contributed by atoms with van der Waals surface area (Å²) in [6, 6.07) is 0. The molecule has 0 saturated heterocycles. The molecule has 0 amide bonds. The van der Waals surface area contributed by atoms with Crippen LogP contribution in [0.4, 0.5) is 0 Å². The second-order valence-corrected chi connectivity index (χ2v) is 10.7. The van der Waals surface area contributed by atoms with Crippen LogP contribution in [0.2, 0.25) is 0 Å². The lowest BCUT2D eigenvalue weighted by Gasteiger charge is -2.69. The van der Waals surface area contributed by atoms with Gasteiger partial charge in [-0.2, -0.15) is 0 Å². The number of carbonyl (C=O) groups is 2. The number of fused-ring (bicyclic) bond motifs is 3. The van der Waals surface area contributed by atoms with Crippen molar-refractivity contribution in [2.45, 2.75) is 70.7 Å². The molecule has 0 aromatic carbocycles. The van der Waals surface area contributed by atoms with E-state index in [1.165, 1.54) is 6.92 Å². The Labute approximate surface area is 178 Å². The molecule has 4 aliphatic rings. The first-order chi connectivity index (χ1) is 13.9. The number of Topliss-reactive ketones (excluding diaryl/α,β-unsaturated/α-hetero) is 1. The van der Waals surface area contributed by atoms with Crippen molar-refractivity contribution in [2.75, 3.05) is 6.61 Å². The number of esters is 1. The molecule has 2 bridgehead atoms. The first-order valence-electron chi connectivity index (χ1n) is 11.0. The number of carbonyl (C=O) groups excluding carboxylic acids is 2. The van der Waals surface area contributed by atoms with E-state index in [-0.39, 0.29) is 42.1 Å². The highest BCUT2D eigenvalue weighted by Crippen LogP contribution is 2.73. The zero-order valence-corrected chi connectivity index (χ0v) is 18.2. The second-order valence-electron chi connectivity index (χ2n) is 10.7. The molecular weight excluding hydrogens is 384 g/mol. The Morgan fingerprint density at radius 2 is 1.97 bits per heavy atom. The van der Waals surface area contributed by atoms with Crippen molar-refractivity contribution in [3.8, 4) is 0 Å². The van der Waals surface area contributed by atoms with Crippen molar-refractivity contribution in [2.24, 2.45) is 34.0 Å². The first kappa shape index (κ1) is 21.7. The van der Waals surface area contributed by atoms with Crippen LogP contribution in [0.1, 0.15) is 52.9 Å². The fraction of sp³-hybridized carbons (Fsp3) is 0.750. The van der Waals surface area contributed by atoms with Gasteiger partial charge in [0.25, 0.3) is 0 Å². The van der Waals surface area contributed by atoms with Crippen molar-refractivity contribution in [1.82, 2.24) is 0 Å². The van der Waals surface area contributed by atoms with Crippen molar-refractivity contribution >= 4 is 11.8 Å². The quantitative estimate of drug-likeness (QED) is 0.369. The summed E-state index contributed by atoms with van der Waals surface area (Å²) < 4.78 is 5.56. The van der Waals surface area contributed by atoms with Crippen LogP contribution >= 0.6 is 0 Å².